The first-order chi connectivity index (χ1) is 22.2. The normalized spacial score (nSPS) is 15.0. The van der Waals surface area contributed by atoms with Crippen molar-refractivity contribution in [1.29, 1.82) is 0 Å². The summed E-state index contributed by atoms with van der Waals surface area (Å²) in [5.41, 5.74) is 5.81. The van der Waals surface area contributed by atoms with Gasteiger partial charge in [0.1, 0.15) is 13.2 Å². The van der Waals surface area contributed by atoms with E-state index in [0.29, 0.717) is 57.6 Å². The second-order valence-corrected chi connectivity index (χ2v) is 11.7. The van der Waals surface area contributed by atoms with E-state index in [2.05, 4.69) is 27.2 Å². The molecule has 0 fully saturated rings. The molecule has 0 aromatic heterocycles. The number of nitro benzene ring substituents is 1. The van der Waals surface area contributed by atoms with Gasteiger partial charge in [-0.2, -0.15) is 0 Å². The fourth-order valence-corrected chi connectivity index (χ4v) is 6.46. The molecular weight excluding hydrogens is 607 g/mol. The molecule has 2 atom stereocenters. The Bertz CT molecular complexity index is 1860. The Balaban J connectivity index is 1.26. The summed E-state index contributed by atoms with van der Waals surface area (Å²) in [4.78, 5) is 31.1. The summed E-state index contributed by atoms with van der Waals surface area (Å²) >= 11 is 0. The molecule has 0 radical (unpaired) electrons. The molecule has 0 N–H and O–H groups in total. The molecule has 2 aliphatic rings. The van der Waals surface area contributed by atoms with Crippen LogP contribution < -0.4 is 28.5 Å². The molecule has 1 amide bonds. The number of non-ortho nitro benzene ring substituents is 1. The van der Waals surface area contributed by atoms with E-state index in [4.69, 9.17) is 18.9 Å². The zero-order valence-corrected chi connectivity index (χ0v) is 26.8. The SMILES string of the molecule is C=Nc1cc(OCc2cc(COc3cc4c(cc3OC)C(=O)N3c5ccccc5CC3CN4P)cc([N+](=O)[O-])c2)c(OC)cc1C. The lowest BCUT2D eigenvalue weighted by atomic mass is 10.1. The lowest BCUT2D eigenvalue weighted by Crippen LogP contribution is -2.40. The lowest BCUT2D eigenvalue weighted by molar-refractivity contribution is -0.385. The summed E-state index contributed by atoms with van der Waals surface area (Å²) in [6.07, 6.45) is 0.767. The number of nitrogens with zero attached hydrogens (tertiary/aromatic N) is 4. The number of benzene rings is 4. The largest absolute Gasteiger partial charge is 0.493 e. The van der Waals surface area contributed by atoms with Crippen LogP contribution in [0.5, 0.6) is 23.0 Å². The Labute approximate surface area is 268 Å². The first-order valence-corrected chi connectivity index (χ1v) is 15.1. The zero-order valence-electron chi connectivity index (χ0n) is 25.7. The number of hydrogen-bond acceptors (Lipinski definition) is 9. The molecule has 0 aliphatic carbocycles. The number of para-hydroxylation sites is 1. The van der Waals surface area contributed by atoms with Gasteiger partial charge in [0, 0.05) is 36.5 Å². The van der Waals surface area contributed by atoms with Crippen LogP contribution in [0.4, 0.5) is 22.7 Å². The molecular formula is C34H33N4O7P. The van der Waals surface area contributed by atoms with Crippen molar-refractivity contribution < 1.29 is 28.7 Å². The fraction of sp³-hybridized carbons (Fsp3) is 0.235. The minimum Gasteiger partial charge on any atom is -0.493 e. The van der Waals surface area contributed by atoms with Crippen molar-refractivity contribution in [2.75, 3.05) is 30.3 Å². The molecule has 0 bridgehead atoms. The Morgan fingerprint density at radius 1 is 0.935 bits per heavy atom. The van der Waals surface area contributed by atoms with Crippen molar-refractivity contribution >= 4 is 44.8 Å². The van der Waals surface area contributed by atoms with Gasteiger partial charge in [0.2, 0.25) is 0 Å². The third-order valence-electron chi connectivity index (χ3n) is 8.21. The number of aryl methyl sites for hydroxylation is 1. The van der Waals surface area contributed by atoms with E-state index in [-0.39, 0.29) is 30.9 Å². The molecule has 2 unspecified atom stereocenters. The summed E-state index contributed by atoms with van der Waals surface area (Å²) in [7, 11) is 5.77. The average molecular weight is 641 g/mol. The molecule has 4 aromatic carbocycles. The highest BCUT2D eigenvalue weighted by molar-refractivity contribution is 7.19. The van der Waals surface area contributed by atoms with Gasteiger partial charge >= 0.3 is 0 Å². The van der Waals surface area contributed by atoms with E-state index in [9.17, 15) is 14.9 Å². The molecule has 2 heterocycles. The van der Waals surface area contributed by atoms with Crippen LogP contribution in [0.15, 0.2) is 71.7 Å². The third kappa shape index (κ3) is 5.81. The minimum atomic E-state index is -0.454. The second-order valence-electron chi connectivity index (χ2n) is 11.1. The maximum absolute atomic E-state index is 13.9. The van der Waals surface area contributed by atoms with Gasteiger partial charge in [-0.3, -0.25) is 19.9 Å². The van der Waals surface area contributed by atoms with Gasteiger partial charge in [-0.1, -0.05) is 18.2 Å². The summed E-state index contributed by atoms with van der Waals surface area (Å²) in [6.45, 7) is 6.14. The van der Waals surface area contributed by atoms with Crippen LogP contribution in [0.3, 0.4) is 0 Å². The smallest absolute Gasteiger partial charge is 0.270 e. The molecule has 0 spiro atoms. The van der Waals surface area contributed by atoms with Gasteiger partial charge in [-0.05, 0) is 76.0 Å². The quantitative estimate of drug-likeness (QED) is 0.0825. The molecule has 4 aromatic rings. The van der Waals surface area contributed by atoms with E-state index < -0.39 is 4.92 Å². The first-order valence-electron chi connectivity index (χ1n) is 14.5. The lowest BCUT2D eigenvalue weighted by Gasteiger charge is -2.24. The number of hydrogen-bond donors (Lipinski definition) is 0. The van der Waals surface area contributed by atoms with E-state index >= 15 is 0 Å². The molecule has 2 aliphatic heterocycles. The summed E-state index contributed by atoms with van der Waals surface area (Å²) in [5, 5.41) is 11.8. The Hall–Kier alpha value is -5.15. The summed E-state index contributed by atoms with van der Waals surface area (Å²) in [5.74, 6) is 1.63. The molecule has 0 saturated heterocycles. The first kappa shape index (κ1) is 30.9. The van der Waals surface area contributed by atoms with Crippen LogP contribution in [-0.2, 0) is 19.6 Å². The van der Waals surface area contributed by atoms with E-state index in [0.717, 1.165) is 23.2 Å². The van der Waals surface area contributed by atoms with Crippen LogP contribution in [0, 0.1) is 17.0 Å². The summed E-state index contributed by atoms with van der Waals surface area (Å²) in [6, 6.07) is 19.7. The minimum absolute atomic E-state index is 0.00907. The van der Waals surface area contributed by atoms with Gasteiger partial charge in [0.25, 0.3) is 11.6 Å². The maximum atomic E-state index is 13.9. The Morgan fingerprint density at radius 3 is 2.24 bits per heavy atom. The van der Waals surface area contributed by atoms with Crippen LogP contribution in [0.25, 0.3) is 0 Å². The van der Waals surface area contributed by atoms with Crippen molar-refractivity contribution in [2.45, 2.75) is 32.6 Å². The zero-order chi connectivity index (χ0) is 32.5. The van der Waals surface area contributed by atoms with E-state index in [1.807, 2.05) is 34.7 Å². The van der Waals surface area contributed by atoms with Crippen LogP contribution in [0.2, 0.25) is 0 Å². The third-order valence-corrected chi connectivity index (χ3v) is 8.70. The van der Waals surface area contributed by atoms with Gasteiger partial charge in [-0.15, -0.1) is 0 Å². The fourth-order valence-electron chi connectivity index (χ4n) is 6.00. The molecule has 11 nitrogen and oxygen atoms in total. The maximum Gasteiger partial charge on any atom is 0.270 e. The highest BCUT2D eigenvalue weighted by Crippen LogP contribution is 2.43. The number of carbonyl (C=O) groups is 1. The van der Waals surface area contributed by atoms with Gasteiger partial charge in [0.05, 0.1) is 42.1 Å². The highest BCUT2D eigenvalue weighted by Gasteiger charge is 2.39. The molecule has 0 saturated carbocycles. The predicted molar refractivity (Wildman–Crippen MR) is 179 cm³/mol. The number of ether oxygens (including phenoxy) is 4. The number of anilines is 2. The van der Waals surface area contributed by atoms with Crippen LogP contribution in [0.1, 0.15) is 32.6 Å². The highest BCUT2D eigenvalue weighted by atomic mass is 31.0. The van der Waals surface area contributed by atoms with Crippen molar-refractivity contribution in [3.63, 3.8) is 0 Å². The average Bonchev–Trinajstić information content (AvgIpc) is 3.38. The number of rotatable bonds is 10. The number of methoxy groups -OCH3 is 2. The van der Waals surface area contributed by atoms with Crippen LogP contribution in [-0.4, -0.2) is 44.4 Å². The number of aliphatic imine (C=N–C) groups is 1. The number of fused-ring (bicyclic) bond motifs is 4. The molecule has 12 heteroatoms. The monoisotopic (exact) mass is 640 g/mol. The predicted octanol–water partition coefficient (Wildman–Crippen LogP) is 6.59. The van der Waals surface area contributed by atoms with Crippen molar-refractivity contribution in [3.8, 4) is 23.0 Å². The Morgan fingerprint density at radius 2 is 1.59 bits per heavy atom. The van der Waals surface area contributed by atoms with Gasteiger partial charge in [0.15, 0.2) is 23.0 Å². The standard InChI is InChI=1S/C34H33N4O7P/c1-20-9-30(42-3)32(15-27(20)35-2)44-18-21-10-22(12-24(11-21)38(40)41)19-45-33-16-29-26(14-31(33)43-4)34(39)37-25(17-36(29)46)13-23-7-5-6-8-28(23)37/h5-12,14-16,25H,2,13,17-19,46H2,1,3-4H3. The molecule has 236 valence electrons. The summed E-state index contributed by atoms with van der Waals surface area (Å²) < 4.78 is 25.3. The topological polar surface area (TPSA) is 116 Å². The Kier molecular flexibility index (Phi) is 8.51. The number of amides is 1. The van der Waals surface area contributed by atoms with E-state index in [1.54, 1.807) is 30.3 Å². The van der Waals surface area contributed by atoms with E-state index in [1.165, 1.54) is 26.4 Å². The second kappa shape index (κ2) is 12.7. The number of nitro groups is 1. The molecule has 6 rings (SSSR count). The number of carbonyl (C=O) groups excluding carboxylic acids is 1. The van der Waals surface area contributed by atoms with Crippen molar-refractivity contribution in [2.24, 2.45) is 4.99 Å². The van der Waals surface area contributed by atoms with Crippen molar-refractivity contribution in [3.05, 3.63) is 105 Å². The van der Waals surface area contributed by atoms with Crippen molar-refractivity contribution in [1.82, 2.24) is 0 Å². The van der Waals surface area contributed by atoms with Crippen LogP contribution >= 0.6 is 9.39 Å². The molecule has 46 heavy (non-hydrogen) atoms. The van der Waals surface area contributed by atoms with Gasteiger partial charge < -0.3 is 28.5 Å². The van der Waals surface area contributed by atoms with Gasteiger partial charge in [-0.25, -0.2) is 0 Å².